The number of methoxy groups -OCH3 is 1. The van der Waals surface area contributed by atoms with Crippen molar-refractivity contribution in [3.63, 3.8) is 0 Å². The molecule has 0 atom stereocenters. The first-order valence-corrected chi connectivity index (χ1v) is 9.14. The number of amides is 1. The minimum Gasteiger partial charge on any atom is -0.380 e. The molecular weight excluding hydrogens is 365 g/mol. The van der Waals surface area contributed by atoms with Gasteiger partial charge in [0.1, 0.15) is 17.3 Å². The van der Waals surface area contributed by atoms with Crippen molar-refractivity contribution in [3.05, 3.63) is 77.1 Å². The number of anilines is 1. The Balaban J connectivity index is 1.71. The summed E-state index contributed by atoms with van der Waals surface area (Å²) in [6.07, 6.45) is 1.84. The van der Waals surface area contributed by atoms with Crippen LogP contribution in [0, 0.1) is 5.82 Å². The number of ether oxygens (including phenoxy) is 1. The van der Waals surface area contributed by atoms with Crippen molar-refractivity contribution in [3.8, 4) is 11.3 Å². The number of carbonyl (C=O) groups is 1. The van der Waals surface area contributed by atoms with E-state index in [4.69, 9.17) is 4.74 Å². The Morgan fingerprint density at radius 2 is 2.07 bits per heavy atom. The molecule has 5 nitrogen and oxygen atoms in total. The van der Waals surface area contributed by atoms with E-state index in [0.717, 1.165) is 16.1 Å². The Labute approximate surface area is 159 Å². The third-order valence-corrected chi connectivity index (χ3v) is 4.87. The highest BCUT2D eigenvalue weighted by Crippen LogP contribution is 2.31. The first-order chi connectivity index (χ1) is 13.2. The third-order valence-electron chi connectivity index (χ3n) is 4.11. The first-order valence-electron chi connectivity index (χ1n) is 8.26. The number of carbonyl (C=O) groups excluding carboxylic acids is 1. The molecule has 136 valence electrons. The summed E-state index contributed by atoms with van der Waals surface area (Å²) in [5, 5.41) is 4.85. The van der Waals surface area contributed by atoms with Gasteiger partial charge in [0.05, 0.1) is 6.61 Å². The van der Waals surface area contributed by atoms with E-state index in [9.17, 15) is 9.18 Å². The lowest BCUT2D eigenvalue weighted by molar-refractivity contribution is 0.102. The largest absolute Gasteiger partial charge is 0.380 e. The molecule has 1 amide bonds. The van der Waals surface area contributed by atoms with Crippen LogP contribution in [-0.4, -0.2) is 22.4 Å². The van der Waals surface area contributed by atoms with E-state index in [1.165, 1.54) is 23.5 Å². The molecule has 0 aliphatic heterocycles. The summed E-state index contributed by atoms with van der Waals surface area (Å²) in [5.74, 6) is -0.00960. The maximum atomic E-state index is 13.3. The molecule has 0 aliphatic rings. The SMILES string of the molecule is COCc1cccc(C(=O)Nc2c(-c3ccc(F)cc3)nc3sccn23)c1. The topological polar surface area (TPSA) is 55.6 Å². The fourth-order valence-electron chi connectivity index (χ4n) is 2.86. The van der Waals surface area contributed by atoms with Crippen LogP contribution >= 0.6 is 11.3 Å². The Morgan fingerprint density at radius 3 is 2.85 bits per heavy atom. The number of benzene rings is 2. The van der Waals surface area contributed by atoms with Gasteiger partial charge in [-0.2, -0.15) is 0 Å². The van der Waals surface area contributed by atoms with Crippen molar-refractivity contribution in [1.82, 2.24) is 9.38 Å². The lowest BCUT2D eigenvalue weighted by Crippen LogP contribution is -2.14. The summed E-state index contributed by atoms with van der Waals surface area (Å²) >= 11 is 1.46. The minimum atomic E-state index is -0.319. The number of halogens is 1. The number of rotatable bonds is 5. The van der Waals surface area contributed by atoms with E-state index < -0.39 is 0 Å². The Kier molecular flexibility index (Phi) is 4.70. The van der Waals surface area contributed by atoms with Crippen LogP contribution in [0.3, 0.4) is 0 Å². The fourth-order valence-corrected chi connectivity index (χ4v) is 3.58. The number of hydrogen-bond donors (Lipinski definition) is 1. The number of thiazole rings is 1. The molecule has 0 radical (unpaired) electrons. The first kappa shape index (κ1) is 17.4. The van der Waals surface area contributed by atoms with Crippen molar-refractivity contribution in [2.75, 3.05) is 12.4 Å². The number of hydrogen-bond acceptors (Lipinski definition) is 4. The maximum Gasteiger partial charge on any atom is 0.256 e. The molecule has 0 saturated carbocycles. The van der Waals surface area contributed by atoms with Crippen LogP contribution in [0.1, 0.15) is 15.9 Å². The molecule has 4 aromatic rings. The van der Waals surface area contributed by atoms with Crippen LogP contribution in [0.4, 0.5) is 10.2 Å². The summed E-state index contributed by atoms with van der Waals surface area (Å²) in [6, 6.07) is 13.3. The maximum absolute atomic E-state index is 13.3. The molecule has 4 rings (SSSR count). The Bertz CT molecular complexity index is 1100. The summed E-state index contributed by atoms with van der Waals surface area (Å²) in [5.41, 5.74) is 2.77. The average Bonchev–Trinajstić information content (AvgIpc) is 3.26. The molecule has 0 saturated heterocycles. The van der Waals surface area contributed by atoms with Crippen LogP contribution in [0.15, 0.2) is 60.1 Å². The van der Waals surface area contributed by atoms with Gasteiger partial charge in [0.15, 0.2) is 4.96 Å². The quantitative estimate of drug-likeness (QED) is 0.550. The zero-order chi connectivity index (χ0) is 18.8. The van der Waals surface area contributed by atoms with Gasteiger partial charge in [0, 0.05) is 29.8 Å². The van der Waals surface area contributed by atoms with Crippen molar-refractivity contribution < 1.29 is 13.9 Å². The van der Waals surface area contributed by atoms with Crippen molar-refractivity contribution in [1.29, 1.82) is 0 Å². The molecule has 2 aromatic carbocycles. The number of aromatic nitrogens is 2. The van der Waals surface area contributed by atoms with E-state index >= 15 is 0 Å². The van der Waals surface area contributed by atoms with Crippen molar-refractivity contribution >= 4 is 28.0 Å². The van der Waals surface area contributed by atoms with Gasteiger partial charge in [0.2, 0.25) is 0 Å². The van der Waals surface area contributed by atoms with Crippen LogP contribution < -0.4 is 5.32 Å². The molecule has 0 bridgehead atoms. The van der Waals surface area contributed by atoms with E-state index in [2.05, 4.69) is 10.3 Å². The summed E-state index contributed by atoms with van der Waals surface area (Å²) < 4.78 is 20.2. The van der Waals surface area contributed by atoms with Gasteiger partial charge in [-0.3, -0.25) is 9.20 Å². The zero-order valence-corrected chi connectivity index (χ0v) is 15.3. The zero-order valence-electron chi connectivity index (χ0n) is 14.5. The monoisotopic (exact) mass is 381 g/mol. The fraction of sp³-hybridized carbons (Fsp3) is 0.100. The van der Waals surface area contributed by atoms with E-state index in [1.54, 1.807) is 31.4 Å². The molecule has 27 heavy (non-hydrogen) atoms. The van der Waals surface area contributed by atoms with Crippen molar-refractivity contribution in [2.45, 2.75) is 6.61 Å². The predicted molar refractivity (Wildman–Crippen MR) is 104 cm³/mol. The molecule has 7 heteroatoms. The second-order valence-corrected chi connectivity index (χ2v) is 6.83. The average molecular weight is 381 g/mol. The van der Waals surface area contributed by atoms with Crippen LogP contribution in [0.5, 0.6) is 0 Å². The van der Waals surface area contributed by atoms with Crippen LogP contribution in [0.25, 0.3) is 16.2 Å². The second kappa shape index (κ2) is 7.30. The van der Waals surface area contributed by atoms with E-state index in [-0.39, 0.29) is 11.7 Å². The molecular formula is C20H16FN3O2S. The summed E-state index contributed by atoms with van der Waals surface area (Å²) in [7, 11) is 1.61. The van der Waals surface area contributed by atoms with Gasteiger partial charge in [-0.05, 0) is 42.0 Å². The van der Waals surface area contributed by atoms with Crippen LogP contribution in [-0.2, 0) is 11.3 Å². The van der Waals surface area contributed by atoms with Gasteiger partial charge in [-0.15, -0.1) is 11.3 Å². The lowest BCUT2D eigenvalue weighted by Gasteiger charge is -2.08. The molecule has 0 unspecified atom stereocenters. The molecule has 2 heterocycles. The Hall–Kier alpha value is -3.03. The molecule has 0 aliphatic carbocycles. The lowest BCUT2D eigenvalue weighted by atomic mass is 10.1. The highest BCUT2D eigenvalue weighted by atomic mass is 32.1. The van der Waals surface area contributed by atoms with Gasteiger partial charge in [0.25, 0.3) is 5.91 Å². The number of imidazole rings is 1. The number of fused-ring (bicyclic) bond motifs is 1. The third kappa shape index (κ3) is 3.47. The van der Waals surface area contributed by atoms with E-state index in [0.29, 0.717) is 23.7 Å². The highest BCUT2D eigenvalue weighted by Gasteiger charge is 2.18. The normalized spacial score (nSPS) is 11.0. The van der Waals surface area contributed by atoms with Gasteiger partial charge >= 0.3 is 0 Å². The minimum absolute atomic E-state index is 0.246. The standard InChI is InChI=1S/C20H16FN3O2S/c1-26-12-13-3-2-4-15(11-13)19(25)23-18-17(14-5-7-16(21)8-6-14)22-20-24(18)9-10-27-20/h2-11H,12H2,1H3,(H,23,25). The highest BCUT2D eigenvalue weighted by molar-refractivity contribution is 7.15. The molecule has 0 spiro atoms. The van der Waals surface area contributed by atoms with Crippen LogP contribution in [0.2, 0.25) is 0 Å². The van der Waals surface area contributed by atoms with Crippen molar-refractivity contribution in [2.24, 2.45) is 0 Å². The summed E-state index contributed by atoms with van der Waals surface area (Å²) in [6.45, 7) is 0.434. The van der Waals surface area contributed by atoms with Gasteiger partial charge in [-0.25, -0.2) is 9.37 Å². The van der Waals surface area contributed by atoms with Gasteiger partial charge < -0.3 is 10.1 Å². The molecule has 2 aromatic heterocycles. The summed E-state index contributed by atoms with van der Waals surface area (Å²) in [4.78, 5) is 18.2. The number of nitrogens with one attached hydrogen (secondary N) is 1. The smallest absolute Gasteiger partial charge is 0.256 e. The molecule has 0 fully saturated rings. The predicted octanol–water partition coefficient (Wildman–Crippen LogP) is 4.60. The Morgan fingerprint density at radius 1 is 1.26 bits per heavy atom. The number of nitrogens with zero attached hydrogens (tertiary/aromatic N) is 2. The molecule has 1 N–H and O–H groups in total. The van der Waals surface area contributed by atoms with E-state index in [1.807, 2.05) is 28.1 Å². The second-order valence-electron chi connectivity index (χ2n) is 5.96. The van der Waals surface area contributed by atoms with Gasteiger partial charge in [-0.1, -0.05) is 12.1 Å².